The van der Waals surface area contributed by atoms with E-state index in [0.29, 0.717) is 16.4 Å². The van der Waals surface area contributed by atoms with Gasteiger partial charge in [-0.1, -0.05) is 25.6 Å². The van der Waals surface area contributed by atoms with Crippen molar-refractivity contribution in [2.45, 2.75) is 50.6 Å². The summed E-state index contributed by atoms with van der Waals surface area (Å²) >= 11 is 1.60. The zero-order chi connectivity index (χ0) is 12.8. The summed E-state index contributed by atoms with van der Waals surface area (Å²) in [7, 11) is 0. The van der Waals surface area contributed by atoms with Crippen LogP contribution in [-0.4, -0.2) is 27.8 Å². The third-order valence-corrected chi connectivity index (χ3v) is 3.76. The molecular weight excluding hydrogens is 234 g/mol. The first-order valence-corrected chi connectivity index (χ1v) is 6.89. The Kier molecular flexibility index (Phi) is 5.71. The van der Waals surface area contributed by atoms with Crippen molar-refractivity contribution in [1.82, 2.24) is 15.3 Å². The summed E-state index contributed by atoms with van der Waals surface area (Å²) in [6, 6.07) is 1.90. The normalized spacial score (nSPS) is 14.6. The molecule has 2 unspecified atom stereocenters. The molecule has 1 aromatic rings. The quantitative estimate of drug-likeness (QED) is 0.602. The van der Waals surface area contributed by atoms with Crippen LogP contribution in [0.4, 0.5) is 0 Å². The molecule has 0 bridgehead atoms. The zero-order valence-corrected chi connectivity index (χ0v) is 11.7. The van der Waals surface area contributed by atoms with Crippen LogP contribution < -0.4 is 10.9 Å². The summed E-state index contributed by atoms with van der Waals surface area (Å²) in [5.74, 6) is 0. The molecule has 0 aliphatic rings. The van der Waals surface area contributed by atoms with Gasteiger partial charge in [0.1, 0.15) is 0 Å². The number of rotatable bonds is 6. The van der Waals surface area contributed by atoms with Gasteiger partial charge >= 0.3 is 0 Å². The van der Waals surface area contributed by atoms with E-state index in [1.807, 2.05) is 6.92 Å². The Morgan fingerprint density at radius 1 is 1.53 bits per heavy atom. The van der Waals surface area contributed by atoms with E-state index >= 15 is 0 Å². The number of aromatic amines is 1. The number of nitrogens with one attached hydrogen (secondary N) is 2. The van der Waals surface area contributed by atoms with E-state index in [0.717, 1.165) is 18.7 Å². The molecule has 0 aliphatic heterocycles. The Balaban J connectivity index is 2.60. The molecule has 0 aliphatic carbocycles. The molecule has 5 heteroatoms. The van der Waals surface area contributed by atoms with E-state index in [9.17, 15) is 4.79 Å². The Bertz CT molecular complexity index is 405. The van der Waals surface area contributed by atoms with Crippen molar-refractivity contribution in [1.29, 1.82) is 0 Å². The smallest absolute Gasteiger partial charge is 0.251 e. The minimum Gasteiger partial charge on any atom is -0.313 e. The SMILES string of the molecule is CCCNC(C)C(C)Sc1nc(C)cc(=O)[nH]1. The summed E-state index contributed by atoms with van der Waals surface area (Å²) in [6.07, 6.45) is 1.13. The topological polar surface area (TPSA) is 57.8 Å². The first-order valence-electron chi connectivity index (χ1n) is 6.01. The molecule has 0 aromatic carbocycles. The average Bonchev–Trinajstić information content (AvgIpc) is 2.24. The number of nitrogens with zero attached hydrogens (tertiary/aromatic N) is 1. The van der Waals surface area contributed by atoms with Gasteiger partial charge in [-0.3, -0.25) is 4.79 Å². The van der Waals surface area contributed by atoms with Gasteiger partial charge in [0.2, 0.25) is 0 Å². The Labute approximate surface area is 107 Å². The molecule has 4 nitrogen and oxygen atoms in total. The van der Waals surface area contributed by atoms with E-state index in [4.69, 9.17) is 0 Å². The Morgan fingerprint density at radius 3 is 2.82 bits per heavy atom. The molecule has 17 heavy (non-hydrogen) atoms. The zero-order valence-electron chi connectivity index (χ0n) is 10.9. The molecule has 1 aromatic heterocycles. The molecule has 2 N–H and O–H groups in total. The number of thioether (sulfide) groups is 1. The average molecular weight is 255 g/mol. The summed E-state index contributed by atoms with van der Waals surface area (Å²) < 4.78 is 0. The van der Waals surface area contributed by atoms with Crippen LogP contribution in [-0.2, 0) is 0 Å². The van der Waals surface area contributed by atoms with E-state index in [1.165, 1.54) is 6.07 Å². The van der Waals surface area contributed by atoms with Gasteiger partial charge in [-0.2, -0.15) is 0 Å². The minimum absolute atomic E-state index is 0.0821. The van der Waals surface area contributed by atoms with E-state index < -0.39 is 0 Å². The van der Waals surface area contributed by atoms with E-state index in [2.05, 4.69) is 36.1 Å². The number of aryl methyl sites for hydroxylation is 1. The van der Waals surface area contributed by atoms with Crippen molar-refractivity contribution < 1.29 is 0 Å². The first-order chi connectivity index (χ1) is 8.02. The molecule has 0 fully saturated rings. The predicted octanol–water partition coefficient (Wildman–Crippen LogP) is 1.95. The van der Waals surface area contributed by atoms with Crippen LogP contribution in [0.2, 0.25) is 0 Å². The van der Waals surface area contributed by atoms with Gasteiger partial charge in [-0.15, -0.1) is 0 Å². The molecule has 2 atom stereocenters. The Hall–Kier alpha value is -0.810. The molecule has 0 radical (unpaired) electrons. The second-order valence-electron chi connectivity index (χ2n) is 4.26. The third-order valence-electron chi connectivity index (χ3n) is 2.57. The van der Waals surface area contributed by atoms with Gasteiger partial charge < -0.3 is 10.3 Å². The van der Waals surface area contributed by atoms with Gasteiger partial charge in [-0.05, 0) is 26.8 Å². The summed E-state index contributed by atoms with van der Waals surface area (Å²) in [4.78, 5) is 18.4. The van der Waals surface area contributed by atoms with Gasteiger partial charge in [-0.25, -0.2) is 4.98 Å². The highest BCUT2D eigenvalue weighted by atomic mass is 32.2. The van der Waals surface area contributed by atoms with Crippen LogP contribution >= 0.6 is 11.8 Å². The van der Waals surface area contributed by atoms with Gasteiger partial charge in [0, 0.05) is 23.1 Å². The summed E-state index contributed by atoms with van der Waals surface area (Å²) in [5.41, 5.74) is 0.680. The van der Waals surface area contributed by atoms with Crippen LogP contribution in [0, 0.1) is 6.92 Å². The predicted molar refractivity (Wildman–Crippen MR) is 72.7 cm³/mol. The van der Waals surface area contributed by atoms with Crippen LogP contribution in [0.25, 0.3) is 0 Å². The highest BCUT2D eigenvalue weighted by molar-refractivity contribution is 7.99. The fraction of sp³-hybridized carbons (Fsp3) is 0.667. The highest BCUT2D eigenvalue weighted by Crippen LogP contribution is 2.20. The van der Waals surface area contributed by atoms with Gasteiger partial charge in [0.25, 0.3) is 5.56 Å². The van der Waals surface area contributed by atoms with Crippen LogP contribution in [0.1, 0.15) is 32.9 Å². The maximum absolute atomic E-state index is 11.3. The fourth-order valence-electron chi connectivity index (χ4n) is 1.42. The van der Waals surface area contributed by atoms with E-state index in [1.54, 1.807) is 11.8 Å². The number of hydrogen-bond acceptors (Lipinski definition) is 4. The fourth-order valence-corrected chi connectivity index (χ4v) is 2.43. The van der Waals surface area contributed by atoms with Crippen LogP contribution in [0.3, 0.4) is 0 Å². The van der Waals surface area contributed by atoms with Crippen molar-refractivity contribution in [3.63, 3.8) is 0 Å². The molecular formula is C12H21N3OS. The van der Waals surface area contributed by atoms with Crippen LogP contribution in [0.5, 0.6) is 0 Å². The molecule has 1 heterocycles. The van der Waals surface area contributed by atoms with Gasteiger partial charge in [0.05, 0.1) is 0 Å². The van der Waals surface area contributed by atoms with Crippen molar-refractivity contribution in [2.75, 3.05) is 6.54 Å². The Morgan fingerprint density at radius 2 is 2.24 bits per heavy atom. The lowest BCUT2D eigenvalue weighted by molar-refractivity contribution is 0.541. The van der Waals surface area contributed by atoms with Crippen molar-refractivity contribution >= 4 is 11.8 Å². The minimum atomic E-state index is -0.0821. The lowest BCUT2D eigenvalue weighted by atomic mass is 10.2. The standard InChI is InChI=1S/C12H21N3OS/c1-5-6-13-9(3)10(4)17-12-14-8(2)7-11(16)15-12/h7,9-10,13H,5-6H2,1-4H3,(H,14,15,16). The molecule has 96 valence electrons. The lowest BCUT2D eigenvalue weighted by Gasteiger charge is -2.20. The summed E-state index contributed by atoms with van der Waals surface area (Å²) in [5, 5.41) is 4.51. The number of aromatic nitrogens is 2. The van der Waals surface area contributed by atoms with Crippen molar-refractivity contribution in [3.8, 4) is 0 Å². The first kappa shape index (κ1) is 14.3. The maximum atomic E-state index is 11.3. The van der Waals surface area contributed by atoms with Crippen molar-refractivity contribution in [2.24, 2.45) is 0 Å². The maximum Gasteiger partial charge on any atom is 0.251 e. The number of hydrogen-bond donors (Lipinski definition) is 2. The summed E-state index contributed by atoms with van der Waals surface area (Å²) in [6.45, 7) is 9.30. The largest absolute Gasteiger partial charge is 0.313 e. The lowest BCUT2D eigenvalue weighted by Crippen LogP contribution is -2.34. The third kappa shape index (κ3) is 4.91. The highest BCUT2D eigenvalue weighted by Gasteiger charge is 2.14. The molecule has 0 saturated carbocycles. The monoisotopic (exact) mass is 255 g/mol. The number of H-pyrrole nitrogens is 1. The van der Waals surface area contributed by atoms with E-state index in [-0.39, 0.29) is 5.56 Å². The molecule has 0 saturated heterocycles. The van der Waals surface area contributed by atoms with Crippen LogP contribution in [0.15, 0.2) is 16.0 Å². The van der Waals surface area contributed by atoms with Gasteiger partial charge in [0.15, 0.2) is 5.16 Å². The second-order valence-corrected chi connectivity index (χ2v) is 5.62. The second kappa shape index (κ2) is 6.81. The van der Waals surface area contributed by atoms with Crippen molar-refractivity contribution in [3.05, 3.63) is 22.1 Å². The molecule has 0 spiro atoms. The molecule has 1 rings (SSSR count). The molecule has 0 amide bonds.